The Labute approximate surface area is 120 Å². The Morgan fingerprint density at radius 1 is 1.10 bits per heavy atom. The van der Waals surface area contributed by atoms with E-state index in [1.54, 1.807) is 6.26 Å². The molecule has 0 atom stereocenters. The fourth-order valence-corrected chi connectivity index (χ4v) is 2.56. The molecule has 3 rings (SSSR count). The molecule has 3 nitrogen and oxygen atoms in total. The van der Waals surface area contributed by atoms with Crippen molar-refractivity contribution in [1.82, 2.24) is 10.2 Å². The summed E-state index contributed by atoms with van der Waals surface area (Å²) in [5.41, 5.74) is 2.71. The smallest absolute Gasteiger partial charge is 0.117 e. The zero-order valence-corrected chi connectivity index (χ0v) is 12.0. The zero-order valence-electron chi connectivity index (χ0n) is 12.0. The van der Waals surface area contributed by atoms with E-state index in [9.17, 15) is 0 Å². The lowest BCUT2D eigenvalue weighted by Crippen LogP contribution is -2.24. The zero-order chi connectivity index (χ0) is 13.8. The minimum absolute atomic E-state index is 0.733. The normalized spacial score (nSPS) is 14.9. The van der Waals surface area contributed by atoms with Crippen LogP contribution in [0.2, 0.25) is 0 Å². The maximum Gasteiger partial charge on any atom is 0.117 e. The highest BCUT2D eigenvalue weighted by Gasteiger charge is 2.29. The van der Waals surface area contributed by atoms with Gasteiger partial charge >= 0.3 is 0 Å². The molecule has 1 aromatic carbocycles. The van der Waals surface area contributed by atoms with E-state index in [-0.39, 0.29) is 0 Å². The summed E-state index contributed by atoms with van der Waals surface area (Å²) in [7, 11) is 1.98. The van der Waals surface area contributed by atoms with Crippen LogP contribution in [0, 0.1) is 0 Å². The van der Waals surface area contributed by atoms with Crippen LogP contribution in [0.25, 0.3) is 0 Å². The Kier molecular flexibility index (Phi) is 4.19. The first-order valence-corrected chi connectivity index (χ1v) is 7.34. The number of furan rings is 1. The second-order valence-corrected chi connectivity index (χ2v) is 5.56. The van der Waals surface area contributed by atoms with Crippen molar-refractivity contribution in [1.29, 1.82) is 0 Å². The fraction of sp³-hybridized carbons (Fsp3) is 0.412. The highest BCUT2D eigenvalue weighted by atomic mass is 16.3. The van der Waals surface area contributed by atoms with Gasteiger partial charge in [-0.3, -0.25) is 4.90 Å². The molecule has 0 radical (unpaired) electrons. The van der Waals surface area contributed by atoms with Crippen molar-refractivity contribution in [3.8, 4) is 0 Å². The van der Waals surface area contributed by atoms with Crippen LogP contribution in [0.3, 0.4) is 0 Å². The van der Waals surface area contributed by atoms with Gasteiger partial charge < -0.3 is 9.73 Å². The van der Waals surface area contributed by atoms with Crippen molar-refractivity contribution in [2.45, 2.75) is 38.5 Å². The van der Waals surface area contributed by atoms with E-state index in [2.05, 4.69) is 40.5 Å². The summed E-state index contributed by atoms with van der Waals surface area (Å²) in [5.74, 6) is 1.06. The van der Waals surface area contributed by atoms with E-state index in [1.807, 2.05) is 13.1 Å². The number of rotatable bonds is 7. The van der Waals surface area contributed by atoms with Gasteiger partial charge in [-0.1, -0.05) is 24.3 Å². The molecule has 0 amide bonds. The van der Waals surface area contributed by atoms with E-state index in [4.69, 9.17) is 4.42 Å². The van der Waals surface area contributed by atoms with Crippen LogP contribution >= 0.6 is 0 Å². The summed E-state index contributed by atoms with van der Waals surface area (Å²) in [6, 6.07) is 13.7. The Hall–Kier alpha value is -1.58. The first-order chi connectivity index (χ1) is 9.85. The minimum atomic E-state index is 0.733. The molecule has 1 aliphatic carbocycles. The summed E-state index contributed by atoms with van der Waals surface area (Å²) < 4.78 is 5.48. The molecular formula is C17H22N2O. The SMILES string of the molecule is CNCc1ccc(CN(Cc2ccco2)C2CC2)cc1. The monoisotopic (exact) mass is 270 g/mol. The van der Waals surface area contributed by atoms with Gasteiger partial charge in [0.2, 0.25) is 0 Å². The highest BCUT2D eigenvalue weighted by Crippen LogP contribution is 2.29. The number of nitrogens with one attached hydrogen (secondary N) is 1. The van der Waals surface area contributed by atoms with Crippen LogP contribution in [0.4, 0.5) is 0 Å². The summed E-state index contributed by atoms with van der Waals surface area (Å²) in [5, 5.41) is 3.18. The molecule has 2 aromatic rings. The van der Waals surface area contributed by atoms with Crippen LogP contribution in [0.1, 0.15) is 29.7 Å². The van der Waals surface area contributed by atoms with Gasteiger partial charge in [0.25, 0.3) is 0 Å². The van der Waals surface area contributed by atoms with Crippen molar-refractivity contribution >= 4 is 0 Å². The van der Waals surface area contributed by atoms with Gasteiger partial charge in [-0.15, -0.1) is 0 Å². The van der Waals surface area contributed by atoms with E-state index < -0.39 is 0 Å². The van der Waals surface area contributed by atoms with Gasteiger partial charge in [-0.2, -0.15) is 0 Å². The van der Waals surface area contributed by atoms with Crippen molar-refractivity contribution < 1.29 is 4.42 Å². The van der Waals surface area contributed by atoms with Gasteiger partial charge in [-0.05, 0) is 43.1 Å². The third kappa shape index (κ3) is 3.50. The van der Waals surface area contributed by atoms with Gasteiger partial charge in [0.1, 0.15) is 5.76 Å². The summed E-state index contributed by atoms with van der Waals surface area (Å²) >= 11 is 0. The van der Waals surface area contributed by atoms with E-state index in [0.29, 0.717) is 0 Å². The second-order valence-electron chi connectivity index (χ2n) is 5.56. The molecule has 1 saturated carbocycles. The molecule has 1 aromatic heterocycles. The predicted octanol–water partition coefficient (Wildman–Crippen LogP) is 3.16. The van der Waals surface area contributed by atoms with E-state index >= 15 is 0 Å². The Balaban J connectivity index is 1.63. The number of hydrogen-bond acceptors (Lipinski definition) is 3. The first-order valence-electron chi connectivity index (χ1n) is 7.34. The third-order valence-corrected chi connectivity index (χ3v) is 3.79. The third-order valence-electron chi connectivity index (χ3n) is 3.79. The molecule has 0 unspecified atom stereocenters. The van der Waals surface area contributed by atoms with Crippen molar-refractivity contribution in [3.63, 3.8) is 0 Å². The minimum Gasteiger partial charge on any atom is -0.468 e. The first kappa shape index (κ1) is 13.4. The topological polar surface area (TPSA) is 28.4 Å². The highest BCUT2D eigenvalue weighted by molar-refractivity contribution is 5.22. The van der Waals surface area contributed by atoms with Crippen LogP contribution in [0.5, 0.6) is 0 Å². The molecule has 1 heterocycles. The van der Waals surface area contributed by atoms with Crippen LogP contribution in [0.15, 0.2) is 47.1 Å². The number of nitrogens with zero attached hydrogens (tertiary/aromatic N) is 1. The van der Waals surface area contributed by atoms with Gasteiger partial charge in [0.15, 0.2) is 0 Å². The maximum absolute atomic E-state index is 5.48. The van der Waals surface area contributed by atoms with Crippen LogP contribution in [-0.2, 0) is 19.6 Å². The second kappa shape index (κ2) is 6.25. The quantitative estimate of drug-likeness (QED) is 0.837. The molecule has 1 N–H and O–H groups in total. The largest absolute Gasteiger partial charge is 0.468 e. The summed E-state index contributed by atoms with van der Waals surface area (Å²) in [6.45, 7) is 2.85. The summed E-state index contributed by atoms with van der Waals surface area (Å²) in [4.78, 5) is 2.52. The summed E-state index contributed by atoms with van der Waals surface area (Å²) in [6.07, 6.45) is 4.39. The Morgan fingerprint density at radius 3 is 2.45 bits per heavy atom. The molecule has 0 bridgehead atoms. The van der Waals surface area contributed by atoms with Crippen molar-refractivity contribution in [3.05, 3.63) is 59.5 Å². The van der Waals surface area contributed by atoms with Crippen molar-refractivity contribution in [2.75, 3.05) is 7.05 Å². The fourth-order valence-electron chi connectivity index (χ4n) is 2.56. The molecular weight excluding hydrogens is 248 g/mol. The van der Waals surface area contributed by atoms with E-state index in [0.717, 1.165) is 31.4 Å². The average molecular weight is 270 g/mol. The van der Waals surface area contributed by atoms with Crippen molar-refractivity contribution in [2.24, 2.45) is 0 Å². The molecule has 1 fully saturated rings. The molecule has 0 aliphatic heterocycles. The molecule has 0 spiro atoms. The van der Waals surface area contributed by atoms with Crippen LogP contribution in [-0.4, -0.2) is 18.0 Å². The standard InChI is InChI=1S/C17H22N2O/c1-18-11-14-4-6-15(7-5-14)12-19(16-8-9-16)13-17-3-2-10-20-17/h2-7,10,16,18H,8-9,11-13H2,1H3. The average Bonchev–Trinajstić information content (AvgIpc) is 3.19. The molecule has 0 saturated heterocycles. The molecule has 106 valence electrons. The lowest BCUT2D eigenvalue weighted by molar-refractivity contribution is 0.225. The number of benzene rings is 1. The Bertz CT molecular complexity index is 514. The predicted molar refractivity (Wildman–Crippen MR) is 80.2 cm³/mol. The molecule has 3 heteroatoms. The number of hydrogen-bond donors (Lipinski definition) is 1. The van der Waals surface area contributed by atoms with E-state index in [1.165, 1.54) is 24.0 Å². The van der Waals surface area contributed by atoms with Gasteiger partial charge in [0.05, 0.1) is 12.8 Å². The maximum atomic E-state index is 5.48. The molecule has 1 aliphatic rings. The Morgan fingerprint density at radius 2 is 1.85 bits per heavy atom. The van der Waals surface area contributed by atoms with Gasteiger partial charge in [-0.25, -0.2) is 0 Å². The molecule has 20 heavy (non-hydrogen) atoms. The lowest BCUT2D eigenvalue weighted by Gasteiger charge is -2.21. The van der Waals surface area contributed by atoms with Gasteiger partial charge in [0, 0.05) is 19.1 Å². The van der Waals surface area contributed by atoms with Crippen LogP contribution < -0.4 is 5.32 Å². The lowest BCUT2D eigenvalue weighted by atomic mass is 10.1.